The van der Waals surface area contributed by atoms with E-state index in [2.05, 4.69) is 60.7 Å². The Balaban J connectivity index is 2.45. The molecule has 0 aliphatic rings. The Hall–Kier alpha value is -1.64. The molecule has 0 aliphatic heterocycles. The molecule has 0 amide bonds. The van der Waals surface area contributed by atoms with Gasteiger partial charge in [0.25, 0.3) is 0 Å². The summed E-state index contributed by atoms with van der Waals surface area (Å²) in [6, 6.07) is 6.44. The number of hydrogen-bond donors (Lipinski definition) is 0. The van der Waals surface area contributed by atoms with Gasteiger partial charge in [-0.2, -0.15) is 0 Å². The highest BCUT2D eigenvalue weighted by molar-refractivity contribution is 5.61. The maximum atomic E-state index is 4.25. The molecule has 0 aliphatic carbocycles. The number of hydrogen-bond acceptors (Lipinski definition) is 2. The summed E-state index contributed by atoms with van der Waals surface area (Å²) in [7, 11) is 0. The van der Waals surface area contributed by atoms with Crippen LogP contribution in [0, 0.1) is 19.8 Å². The molecule has 0 N–H and O–H groups in total. The van der Waals surface area contributed by atoms with E-state index in [9.17, 15) is 0 Å². The van der Waals surface area contributed by atoms with Crippen LogP contribution in [0.4, 0.5) is 0 Å². The molecule has 0 radical (unpaired) electrons. The van der Waals surface area contributed by atoms with Crippen LogP contribution in [0.2, 0.25) is 0 Å². The summed E-state index contributed by atoms with van der Waals surface area (Å²) in [6.45, 7) is 9.57. The van der Waals surface area contributed by atoms with E-state index in [-0.39, 0.29) is 0 Å². The zero-order chi connectivity index (χ0) is 12.4. The Morgan fingerprint density at radius 1 is 1.24 bits per heavy atom. The molecular weight excluding hydrogens is 210 g/mol. The third-order valence-electron chi connectivity index (χ3n) is 2.81. The van der Waals surface area contributed by atoms with Crippen molar-refractivity contribution in [3.8, 4) is 11.4 Å². The van der Waals surface area contributed by atoms with Gasteiger partial charge in [-0.05, 0) is 31.4 Å². The van der Waals surface area contributed by atoms with E-state index in [1.165, 1.54) is 16.7 Å². The van der Waals surface area contributed by atoms with E-state index in [0.717, 1.165) is 12.4 Å². The minimum absolute atomic E-state index is 0.592. The van der Waals surface area contributed by atoms with Gasteiger partial charge in [0.05, 0.1) is 0 Å². The van der Waals surface area contributed by atoms with Crippen LogP contribution in [0.3, 0.4) is 0 Å². The topological polar surface area (TPSA) is 30.7 Å². The molecule has 90 valence electrons. The molecule has 0 unspecified atom stereocenters. The summed E-state index contributed by atoms with van der Waals surface area (Å²) in [5.41, 5.74) is 3.68. The standard InChI is InChI=1S/C14H19N3/c1-10(2)8-17-9-15-16-14(17)13-7-11(3)5-6-12(13)4/h5-7,9-10H,8H2,1-4H3. The average Bonchev–Trinajstić information content (AvgIpc) is 2.69. The van der Waals surface area contributed by atoms with Crippen molar-refractivity contribution in [1.82, 2.24) is 14.8 Å². The second-order valence-electron chi connectivity index (χ2n) is 5.02. The Labute approximate surface area is 103 Å². The quantitative estimate of drug-likeness (QED) is 0.809. The Bertz CT molecular complexity index is 512. The minimum Gasteiger partial charge on any atom is -0.313 e. The summed E-state index contributed by atoms with van der Waals surface area (Å²) in [6.07, 6.45) is 1.82. The van der Waals surface area contributed by atoms with E-state index in [1.807, 2.05) is 6.33 Å². The summed E-state index contributed by atoms with van der Waals surface area (Å²) in [5.74, 6) is 1.56. The van der Waals surface area contributed by atoms with Crippen LogP contribution >= 0.6 is 0 Å². The average molecular weight is 229 g/mol. The number of nitrogens with zero attached hydrogens (tertiary/aromatic N) is 3. The second kappa shape index (κ2) is 4.70. The normalized spacial score (nSPS) is 11.1. The van der Waals surface area contributed by atoms with Crippen LogP contribution in [0.5, 0.6) is 0 Å². The maximum absolute atomic E-state index is 4.25. The molecule has 0 spiro atoms. The van der Waals surface area contributed by atoms with Crippen LogP contribution in [0.15, 0.2) is 24.5 Å². The predicted molar refractivity (Wildman–Crippen MR) is 69.8 cm³/mol. The van der Waals surface area contributed by atoms with Gasteiger partial charge in [-0.15, -0.1) is 10.2 Å². The molecule has 0 atom stereocenters. The van der Waals surface area contributed by atoms with Crippen molar-refractivity contribution in [2.24, 2.45) is 5.92 Å². The number of rotatable bonds is 3. The summed E-state index contributed by atoms with van der Waals surface area (Å²) in [5, 5.41) is 8.29. The van der Waals surface area contributed by atoms with Gasteiger partial charge in [0.1, 0.15) is 6.33 Å². The van der Waals surface area contributed by atoms with Gasteiger partial charge in [0.2, 0.25) is 0 Å². The molecule has 0 saturated heterocycles. The fourth-order valence-corrected chi connectivity index (χ4v) is 1.97. The zero-order valence-electron chi connectivity index (χ0n) is 10.9. The molecule has 3 heteroatoms. The van der Waals surface area contributed by atoms with Crippen LogP contribution in [0.1, 0.15) is 25.0 Å². The van der Waals surface area contributed by atoms with Gasteiger partial charge in [0.15, 0.2) is 5.82 Å². The first-order valence-corrected chi connectivity index (χ1v) is 6.03. The Morgan fingerprint density at radius 3 is 2.71 bits per heavy atom. The molecule has 0 fully saturated rings. The summed E-state index contributed by atoms with van der Waals surface area (Å²) in [4.78, 5) is 0. The molecular formula is C14H19N3. The van der Waals surface area contributed by atoms with Gasteiger partial charge < -0.3 is 4.57 Å². The first kappa shape index (κ1) is 11.8. The smallest absolute Gasteiger partial charge is 0.164 e. The predicted octanol–water partition coefficient (Wildman–Crippen LogP) is 3.22. The van der Waals surface area contributed by atoms with Crippen molar-refractivity contribution >= 4 is 0 Å². The molecule has 2 aromatic rings. The molecule has 17 heavy (non-hydrogen) atoms. The van der Waals surface area contributed by atoms with Crippen molar-refractivity contribution in [1.29, 1.82) is 0 Å². The van der Waals surface area contributed by atoms with E-state index < -0.39 is 0 Å². The fraction of sp³-hybridized carbons (Fsp3) is 0.429. The van der Waals surface area contributed by atoms with Gasteiger partial charge in [-0.1, -0.05) is 31.5 Å². The van der Waals surface area contributed by atoms with Crippen molar-refractivity contribution in [3.05, 3.63) is 35.7 Å². The van der Waals surface area contributed by atoms with Crippen molar-refractivity contribution < 1.29 is 0 Å². The first-order valence-electron chi connectivity index (χ1n) is 6.03. The summed E-state index contributed by atoms with van der Waals surface area (Å²) >= 11 is 0. The van der Waals surface area contributed by atoms with E-state index in [4.69, 9.17) is 0 Å². The van der Waals surface area contributed by atoms with E-state index in [1.54, 1.807) is 0 Å². The lowest BCUT2D eigenvalue weighted by atomic mass is 10.0. The lowest BCUT2D eigenvalue weighted by Crippen LogP contribution is -2.05. The largest absolute Gasteiger partial charge is 0.313 e. The molecule has 1 aromatic carbocycles. The van der Waals surface area contributed by atoms with Crippen LogP contribution in [-0.2, 0) is 6.54 Å². The van der Waals surface area contributed by atoms with Crippen LogP contribution in [-0.4, -0.2) is 14.8 Å². The summed E-state index contributed by atoms with van der Waals surface area (Å²) < 4.78 is 2.13. The first-order chi connectivity index (χ1) is 8.08. The molecule has 3 nitrogen and oxygen atoms in total. The van der Waals surface area contributed by atoms with Crippen LogP contribution < -0.4 is 0 Å². The highest BCUT2D eigenvalue weighted by Crippen LogP contribution is 2.23. The fourth-order valence-electron chi connectivity index (χ4n) is 1.97. The minimum atomic E-state index is 0.592. The molecule has 2 rings (SSSR count). The van der Waals surface area contributed by atoms with Gasteiger partial charge >= 0.3 is 0 Å². The highest BCUT2D eigenvalue weighted by atomic mass is 15.3. The molecule has 0 saturated carbocycles. The molecule has 0 bridgehead atoms. The third kappa shape index (κ3) is 2.54. The number of aryl methyl sites for hydroxylation is 2. The van der Waals surface area contributed by atoms with Gasteiger partial charge in [0, 0.05) is 12.1 Å². The lowest BCUT2D eigenvalue weighted by Gasteiger charge is -2.11. The van der Waals surface area contributed by atoms with Crippen molar-refractivity contribution in [2.75, 3.05) is 0 Å². The highest BCUT2D eigenvalue weighted by Gasteiger charge is 2.10. The molecule has 1 aromatic heterocycles. The van der Waals surface area contributed by atoms with Crippen molar-refractivity contribution in [2.45, 2.75) is 34.2 Å². The lowest BCUT2D eigenvalue weighted by molar-refractivity contribution is 0.525. The van der Waals surface area contributed by atoms with E-state index in [0.29, 0.717) is 5.92 Å². The third-order valence-corrected chi connectivity index (χ3v) is 2.81. The Kier molecular flexibility index (Phi) is 3.27. The van der Waals surface area contributed by atoms with Crippen LogP contribution in [0.25, 0.3) is 11.4 Å². The number of benzene rings is 1. The van der Waals surface area contributed by atoms with Gasteiger partial charge in [-0.3, -0.25) is 0 Å². The van der Waals surface area contributed by atoms with E-state index >= 15 is 0 Å². The monoisotopic (exact) mass is 229 g/mol. The SMILES string of the molecule is Cc1ccc(C)c(-c2nncn2CC(C)C)c1. The maximum Gasteiger partial charge on any atom is 0.164 e. The second-order valence-corrected chi connectivity index (χ2v) is 5.02. The molecule has 1 heterocycles. The number of aromatic nitrogens is 3. The van der Waals surface area contributed by atoms with Crippen molar-refractivity contribution in [3.63, 3.8) is 0 Å². The Morgan fingerprint density at radius 2 is 2.00 bits per heavy atom. The zero-order valence-corrected chi connectivity index (χ0v) is 10.9. The van der Waals surface area contributed by atoms with Gasteiger partial charge in [-0.25, -0.2) is 0 Å².